The van der Waals surface area contributed by atoms with Gasteiger partial charge in [-0.2, -0.15) is 0 Å². The third-order valence-corrected chi connectivity index (χ3v) is 5.85. The van der Waals surface area contributed by atoms with E-state index in [1.807, 2.05) is 18.2 Å². The van der Waals surface area contributed by atoms with Crippen LogP contribution in [-0.2, 0) is 4.79 Å². The monoisotopic (exact) mass is 443 g/mol. The van der Waals surface area contributed by atoms with Crippen molar-refractivity contribution in [2.75, 3.05) is 31.0 Å². The SMILES string of the molecule is COc1ccc2c(c1OC)C(=O)N1c3ccccc3C(=O)N(CC(=O)Nc3ccccc3)[C@@H]21. The van der Waals surface area contributed by atoms with Gasteiger partial charge in [-0.15, -0.1) is 0 Å². The normalized spacial score (nSPS) is 16.1. The Morgan fingerprint density at radius 3 is 2.36 bits per heavy atom. The molecule has 3 aromatic carbocycles. The first-order valence-corrected chi connectivity index (χ1v) is 10.4. The van der Waals surface area contributed by atoms with E-state index in [2.05, 4.69) is 5.32 Å². The summed E-state index contributed by atoms with van der Waals surface area (Å²) in [6.07, 6.45) is -0.781. The summed E-state index contributed by atoms with van der Waals surface area (Å²) in [5.41, 5.74) is 2.37. The van der Waals surface area contributed by atoms with Crippen LogP contribution in [0.25, 0.3) is 0 Å². The summed E-state index contributed by atoms with van der Waals surface area (Å²) >= 11 is 0. The van der Waals surface area contributed by atoms with E-state index in [1.165, 1.54) is 19.1 Å². The summed E-state index contributed by atoms with van der Waals surface area (Å²) < 4.78 is 10.9. The van der Waals surface area contributed by atoms with E-state index in [9.17, 15) is 14.4 Å². The first-order valence-electron chi connectivity index (χ1n) is 10.4. The summed E-state index contributed by atoms with van der Waals surface area (Å²) in [6.45, 7) is -0.232. The molecule has 0 spiro atoms. The molecular weight excluding hydrogens is 422 g/mol. The van der Waals surface area contributed by atoms with Gasteiger partial charge in [0.1, 0.15) is 12.7 Å². The van der Waals surface area contributed by atoms with Gasteiger partial charge >= 0.3 is 0 Å². The number of fused-ring (bicyclic) bond motifs is 5. The molecule has 8 heteroatoms. The van der Waals surface area contributed by atoms with Crippen LogP contribution < -0.4 is 19.7 Å². The first-order chi connectivity index (χ1) is 16.0. The highest BCUT2D eigenvalue weighted by Crippen LogP contribution is 2.49. The summed E-state index contributed by atoms with van der Waals surface area (Å²) in [5, 5.41) is 2.81. The lowest BCUT2D eigenvalue weighted by atomic mass is 10.0. The minimum Gasteiger partial charge on any atom is -0.493 e. The van der Waals surface area contributed by atoms with E-state index in [0.29, 0.717) is 39.6 Å². The molecule has 3 amide bonds. The number of rotatable bonds is 5. The number of nitrogens with one attached hydrogen (secondary N) is 1. The van der Waals surface area contributed by atoms with Crippen LogP contribution in [0.3, 0.4) is 0 Å². The number of ether oxygens (including phenoxy) is 2. The van der Waals surface area contributed by atoms with Crippen molar-refractivity contribution in [2.45, 2.75) is 6.17 Å². The Hall–Kier alpha value is -4.33. The highest BCUT2D eigenvalue weighted by atomic mass is 16.5. The summed E-state index contributed by atoms with van der Waals surface area (Å²) in [5.74, 6) is -0.301. The smallest absolute Gasteiger partial charge is 0.264 e. The lowest BCUT2D eigenvalue weighted by Gasteiger charge is -2.40. The minimum atomic E-state index is -0.781. The van der Waals surface area contributed by atoms with Crippen molar-refractivity contribution in [2.24, 2.45) is 0 Å². The second-order valence-corrected chi connectivity index (χ2v) is 7.68. The fourth-order valence-electron chi connectivity index (χ4n) is 4.46. The topological polar surface area (TPSA) is 88.2 Å². The molecule has 0 unspecified atom stereocenters. The number of amides is 3. The predicted molar refractivity (Wildman–Crippen MR) is 122 cm³/mol. The van der Waals surface area contributed by atoms with Gasteiger partial charge in [0.15, 0.2) is 11.5 Å². The average molecular weight is 443 g/mol. The van der Waals surface area contributed by atoms with Crippen LogP contribution in [0.5, 0.6) is 11.5 Å². The van der Waals surface area contributed by atoms with Gasteiger partial charge in [-0.1, -0.05) is 36.4 Å². The molecule has 33 heavy (non-hydrogen) atoms. The molecule has 0 saturated heterocycles. The largest absolute Gasteiger partial charge is 0.493 e. The van der Waals surface area contributed by atoms with Gasteiger partial charge in [0.2, 0.25) is 5.91 Å². The Labute approximate surface area is 190 Å². The second kappa shape index (κ2) is 7.98. The molecule has 0 aliphatic carbocycles. The number of hydrogen-bond acceptors (Lipinski definition) is 5. The number of benzene rings is 3. The number of nitrogens with zero attached hydrogens (tertiary/aromatic N) is 2. The summed E-state index contributed by atoms with van der Waals surface area (Å²) in [7, 11) is 2.96. The van der Waals surface area contributed by atoms with E-state index in [4.69, 9.17) is 9.47 Å². The second-order valence-electron chi connectivity index (χ2n) is 7.68. The minimum absolute atomic E-state index is 0.232. The number of carbonyl (C=O) groups excluding carboxylic acids is 3. The highest BCUT2D eigenvalue weighted by molar-refractivity contribution is 6.18. The zero-order valence-corrected chi connectivity index (χ0v) is 18.1. The fraction of sp³-hybridized carbons (Fsp3) is 0.160. The molecule has 0 radical (unpaired) electrons. The van der Waals surface area contributed by atoms with Crippen molar-refractivity contribution in [3.05, 3.63) is 83.4 Å². The van der Waals surface area contributed by atoms with Crippen molar-refractivity contribution in [1.29, 1.82) is 0 Å². The highest BCUT2D eigenvalue weighted by Gasteiger charge is 2.50. The third kappa shape index (κ3) is 3.18. The van der Waals surface area contributed by atoms with E-state index in [1.54, 1.807) is 53.4 Å². The lowest BCUT2D eigenvalue weighted by Crippen LogP contribution is -2.50. The maximum Gasteiger partial charge on any atom is 0.264 e. The van der Waals surface area contributed by atoms with Crippen molar-refractivity contribution >= 4 is 29.1 Å². The Kier molecular flexibility index (Phi) is 4.97. The molecule has 1 N–H and O–H groups in total. The van der Waals surface area contributed by atoms with Gasteiger partial charge in [-0.25, -0.2) is 0 Å². The van der Waals surface area contributed by atoms with Crippen LogP contribution in [0.4, 0.5) is 11.4 Å². The lowest BCUT2D eigenvalue weighted by molar-refractivity contribution is -0.117. The van der Waals surface area contributed by atoms with E-state index >= 15 is 0 Å². The first kappa shape index (κ1) is 20.6. The molecule has 166 valence electrons. The Morgan fingerprint density at radius 1 is 0.909 bits per heavy atom. The number of carbonyl (C=O) groups is 3. The predicted octanol–water partition coefficient (Wildman–Crippen LogP) is 3.46. The average Bonchev–Trinajstić information content (AvgIpc) is 3.14. The van der Waals surface area contributed by atoms with E-state index in [-0.39, 0.29) is 24.3 Å². The summed E-state index contributed by atoms with van der Waals surface area (Å²) in [6, 6.07) is 19.3. The van der Waals surface area contributed by atoms with E-state index in [0.717, 1.165) is 0 Å². The van der Waals surface area contributed by atoms with Crippen molar-refractivity contribution < 1.29 is 23.9 Å². The number of para-hydroxylation sites is 2. The van der Waals surface area contributed by atoms with Gasteiger partial charge in [0.05, 0.1) is 31.0 Å². The zero-order chi connectivity index (χ0) is 23.1. The fourth-order valence-corrected chi connectivity index (χ4v) is 4.46. The molecule has 8 nitrogen and oxygen atoms in total. The molecular formula is C25H21N3O5. The van der Waals surface area contributed by atoms with Crippen LogP contribution in [0.1, 0.15) is 32.4 Å². The Bertz CT molecular complexity index is 1270. The van der Waals surface area contributed by atoms with Gasteiger partial charge in [0, 0.05) is 11.3 Å². The van der Waals surface area contributed by atoms with Gasteiger partial charge in [0.25, 0.3) is 11.8 Å². The molecule has 1 atom stereocenters. The molecule has 0 fully saturated rings. The van der Waals surface area contributed by atoms with Gasteiger partial charge < -0.3 is 19.7 Å². The third-order valence-electron chi connectivity index (χ3n) is 5.85. The molecule has 5 rings (SSSR count). The standard InChI is InChI=1S/C25H21N3O5/c1-32-19-13-12-17-21(22(19)33-2)25(31)28-18-11-7-6-10-16(18)24(30)27(23(17)28)14-20(29)26-15-8-4-3-5-9-15/h3-13,23H,14H2,1-2H3,(H,26,29)/t23-/m1/s1. The number of methoxy groups -OCH3 is 2. The Balaban J connectivity index is 1.60. The van der Waals surface area contributed by atoms with Gasteiger partial charge in [-0.05, 0) is 30.3 Å². The molecule has 0 saturated carbocycles. The summed E-state index contributed by atoms with van der Waals surface area (Å²) in [4.78, 5) is 43.0. The van der Waals surface area contributed by atoms with E-state index < -0.39 is 6.17 Å². The van der Waals surface area contributed by atoms with Crippen LogP contribution in [0.15, 0.2) is 66.7 Å². The zero-order valence-electron chi connectivity index (χ0n) is 18.1. The quantitative estimate of drug-likeness (QED) is 0.653. The van der Waals surface area contributed by atoms with Gasteiger partial charge in [-0.3, -0.25) is 19.3 Å². The maximum atomic E-state index is 13.6. The van der Waals surface area contributed by atoms with Crippen LogP contribution in [-0.4, -0.2) is 43.4 Å². The van der Waals surface area contributed by atoms with Crippen LogP contribution in [0.2, 0.25) is 0 Å². The number of hydrogen-bond donors (Lipinski definition) is 1. The molecule has 2 heterocycles. The number of anilines is 2. The van der Waals surface area contributed by atoms with Crippen molar-refractivity contribution in [1.82, 2.24) is 4.90 Å². The van der Waals surface area contributed by atoms with Crippen molar-refractivity contribution in [3.8, 4) is 11.5 Å². The molecule has 0 bridgehead atoms. The molecule has 3 aromatic rings. The Morgan fingerprint density at radius 2 is 1.64 bits per heavy atom. The van der Waals surface area contributed by atoms with Crippen LogP contribution >= 0.6 is 0 Å². The molecule has 2 aliphatic rings. The molecule has 0 aromatic heterocycles. The van der Waals surface area contributed by atoms with Crippen LogP contribution in [0, 0.1) is 0 Å². The molecule has 2 aliphatic heterocycles. The maximum absolute atomic E-state index is 13.6. The van der Waals surface area contributed by atoms with Crippen molar-refractivity contribution in [3.63, 3.8) is 0 Å².